The van der Waals surface area contributed by atoms with Crippen LogP contribution in [-0.2, 0) is 17.1 Å². The molecule has 0 aliphatic heterocycles. The smallest absolute Gasteiger partial charge is 0.256 e. The van der Waals surface area contributed by atoms with Crippen LogP contribution in [0.2, 0.25) is 0 Å². The number of nitrogens with one attached hydrogen (secondary N) is 2. The molecule has 3 rings (SSSR count). The zero-order valence-electron chi connectivity index (χ0n) is 16.2. The fourth-order valence-corrected chi connectivity index (χ4v) is 3.57. The van der Waals surface area contributed by atoms with Crippen molar-refractivity contribution in [2.45, 2.75) is 13.8 Å². The van der Waals surface area contributed by atoms with Crippen LogP contribution >= 0.6 is 0 Å². The molecule has 0 bridgehead atoms. The summed E-state index contributed by atoms with van der Waals surface area (Å²) in [5, 5.41) is 7.81. The lowest BCUT2D eigenvalue weighted by molar-refractivity contribution is 0.102. The molecule has 2 N–H and O–H groups in total. The van der Waals surface area contributed by atoms with Crippen molar-refractivity contribution in [2.75, 3.05) is 23.4 Å². The predicted molar refractivity (Wildman–Crippen MR) is 107 cm³/mol. The number of nitrogens with zero attached hydrogens (tertiary/aromatic N) is 3. The largest absolute Gasteiger partial charge is 0.495 e. The molecule has 2 heterocycles. The Hall–Kier alpha value is -3.14. The van der Waals surface area contributed by atoms with Gasteiger partial charge in [-0.25, -0.2) is 13.4 Å². The van der Waals surface area contributed by atoms with Gasteiger partial charge >= 0.3 is 0 Å². The van der Waals surface area contributed by atoms with Crippen LogP contribution in [0.25, 0.3) is 11.0 Å². The third kappa shape index (κ3) is 3.91. The summed E-state index contributed by atoms with van der Waals surface area (Å²) in [5.41, 5.74) is 3.11. The average molecular weight is 403 g/mol. The van der Waals surface area contributed by atoms with E-state index in [0.717, 1.165) is 6.26 Å². The fraction of sp³-hybridized carbons (Fsp3) is 0.278. The molecule has 3 aromatic rings. The molecule has 0 fully saturated rings. The zero-order valence-corrected chi connectivity index (χ0v) is 17.0. The summed E-state index contributed by atoms with van der Waals surface area (Å²) in [6.07, 6.45) is 1.04. The van der Waals surface area contributed by atoms with Crippen LogP contribution in [0.15, 0.2) is 24.3 Å². The molecule has 28 heavy (non-hydrogen) atoms. The van der Waals surface area contributed by atoms with Crippen LogP contribution < -0.4 is 14.8 Å². The third-order valence-electron chi connectivity index (χ3n) is 4.09. The maximum absolute atomic E-state index is 12.9. The monoisotopic (exact) mass is 403 g/mol. The number of methoxy groups -OCH3 is 1. The number of benzene rings is 1. The van der Waals surface area contributed by atoms with Crippen molar-refractivity contribution in [1.82, 2.24) is 14.8 Å². The summed E-state index contributed by atoms with van der Waals surface area (Å²) in [6.45, 7) is 3.62. The summed E-state index contributed by atoms with van der Waals surface area (Å²) in [4.78, 5) is 17.4. The van der Waals surface area contributed by atoms with Crippen LogP contribution in [0, 0.1) is 13.8 Å². The van der Waals surface area contributed by atoms with Gasteiger partial charge in [-0.15, -0.1) is 0 Å². The van der Waals surface area contributed by atoms with E-state index in [1.165, 1.54) is 13.2 Å². The van der Waals surface area contributed by atoms with E-state index in [0.29, 0.717) is 39.4 Å². The van der Waals surface area contributed by atoms with Crippen molar-refractivity contribution < 1.29 is 17.9 Å². The van der Waals surface area contributed by atoms with Crippen LogP contribution in [0.5, 0.6) is 5.75 Å². The maximum atomic E-state index is 12.9. The number of amides is 1. The van der Waals surface area contributed by atoms with Gasteiger partial charge in [-0.2, -0.15) is 5.10 Å². The van der Waals surface area contributed by atoms with Gasteiger partial charge in [-0.3, -0.25) is 14.2 Å². The first-order chi connectivity index (χ1) is 13.1. The van der Waals surface area contributed by atoms with Gasteiger partial charge in [0.1, 0.15) is 5.75 Å². The van der Waals surface area contributed by atoms with Crippen molar-refractivity contribution in [1.29, 1.82) is 0 Å². The Kier molecular flexibility index (Phi) is 4.99. The van der Waals surface area contributed by atoms with E-state index in [1.54, 1.807) is 36.9 Å². The zero-order chi connectivity index (χ0) is 20.6. The minimum atomic E-state index is -3.51. The summed E-state index contributed by atoms with van der Waals surface area (Å²) in [6, 6.07) is 6.40. The van der Waals surface area contributed by atoms with Gasteiger partial charge in [-0.1, -0.05) is 0 Å². The third-order valence-corrected chi connectivity index (χ3v) is 4.68. The molecule has 0 saturated carbocycles. The highest BCUT2D eigenvalue weighted by atomic mass is 32.2. The first-order valence-electron chi connectivity index (χ1n) is 8.37. The number of rotatable bonds is 5. The Labute approximate surface area is 162 Å². The Bertz CT molecular complexity index is 1180. The molecular weight excluding hydrogens is 382 g/mol. The molecule has 10 heteroatoms. The number of ether oxygens (including phenoxy) is 1. The van der Waals surface area contributed by atoms with Gasteiger partial charge in [0.2, 0.25) is 10.0 Å². The minimum Gasteiger partial charge on any atom is -0.495 e. The van der Waals surface area contributed by atoms with Gasteiger partial charge in [0.05, 0.1) is 35.7 Å². The molecule has 1 amide bonds. The summed E-state index contributed by atoms with van der Waals surface area (Å²) >= 11 is 0. The Balaban J connectivity index is 2.00. The second kappa shape index (κ2) is 7.12. The van der Waals surface area contributed by atoms with E-state index in [-0.39, 0.29) is 11.6 Å². The molecule has 9 nitrogen and oxygen atoms in total. The number of anilines is 2. The number of hydrogen-bond acceptors (Lipinski definition) is 6. The van der Waals surface area contributed by atoms with Crippen LogP contribution in [0.3, 0.4) is 0 Å². The van der Waals surface area contributed by atoms with E-state index < -0.39 is 10.0 Å². The Morgan fingerprint density at radius 3 is 2.57 bits per heavy atom. The minimum absolute atomic E-state index is 0.233. The molecule has 148 valence electrons. The molecular formula is C18H21N5O4S. The van der Waals surface area contributed by atoms with Crippen molar-refractivity contribution in [3.8, 4) is 5.75 Å². The second-order valence-corrected chi connectivity index (χ2v) is 8.21. The highest BCUT2D eigenvalue weighted by molar-refractivity contribution is 7.92. The van der Waals surface area contributed by atoms with E-state index >= 15 is 0 Å². The number of carbonyl (C=O) groups excluding carboxylic acids is 1. The quantitative estimate of drug-likeness (QED) is 0.675. The van der Waals surface area contributed by atoms with Gasteiger partial charge in [0, 0.05) is 18.4 Å². The molecule has 0 spiro atoms. The van der Waals surface area contributed by atoms with E-state index in [1.807, 2.05) is 6.92 Å². The van der Waals surface area contributed by atoms with Crippen LogP contribution in [0.4, 0.5) is 11.4 Å². The number of aryl methyl sites for hydroxylation is 3. The second-order valence-electron chi connectivity index (χ2n) is 6.46. The molecule has 0 aliphatic rings. The predicted octanol–water partition coefficient (Wildman–Crippen LogP) is 2.22. The van der Waals surface area contributed by atoms with E-state index in [9.17, 15) is 13.2 Å². The highest BCUT2D eigenvalue weighted by Gasteiger charge is 2.18. The lowest BCUT2D eigenvalue weighted by Gasteiger charge is -2.13. The standard InChI is InChI=1S/C18H21N5O4S/c1-10-8-13(16-11(2)21-23(3)17(16)19-10)18(24)20-12-6-7-15(27-4)14(9-12)22-28(5,25)26/h6-9,22H,1-5H3,(H,20,24). The number of fused-ring (bicyclic) bond motifs is 1. The highest BCUT2D eigenvalue weighted by Crippen LogP contribution is 2.29. The SMILES string of the molecule is COc1ccc(NC(=O)c2cc(C)nc3c2c(C)nn3C)cc1NS(C)(=O)=O. The number of hydrogen-bond donors (Lipinski definition) is 2. The first kappa shape index (κ1) is 19.6. The summed E-state index contributed by atoms with van der Waals surface area (Å²) in [7, 11) is -0.299. The molecule has 0 unspecified atom stereocenters. The van der Waals surface area contributed by atoms with Gasteiger partial charge in [0.15, 0.2) is 5.65 Å². The Morgan fingerprint density at radius 2 is 1.93 bits per heavy atom. The molecule has 0 radical (unpaired) electrons. The topological polar surface area (TPSA) is 115 Å². The number of sulfonamides is 1. The normalized spacial score (nSPS) is 11.5. The van der Waals surface area contributed by atoms with Crippen molar-refractivity contribution in [2.24, 2.45) is 7.05 Å². The molecule has 0 atom stereocenters. The van der Waals surface area contributed by atoms with Gasteiger partial charge < -0.3 is 10.1 Å². The van der Waals surface area contributed by atoms with Crippen LogP contribution in [-0.4, -0.2) is 42.5 Å². The van der Waals surface area contributed by atoms with Crippen molar-refractivity contribution in [3.63, 3.8) is 0 Å². The van der Waals surface area contributed by atoms with E-state index in [2.05, 4.69) is 20.1 Å². The van der Waals surface area contributed by atoms with Gasteiger partial charge in [-0.05, 0) is 38.1 Å². The first-order valence-corrected chi connectivity index (χ1v) is 10.3. The number of aromatic nitrogens is 3. The summed E-state index contributed by atoms with van der Waals surface area (Å²) in [5.74, 6) is -0.00394. The molecule has 2 aromatic heterocycles. The van der Waals surface area contributed by atoms with Crippen molar-refractivity contribution >= 4 is 38.3 Å². The molecule has 0 saturated heterocycles. The lowest BCUT2D eigenvalue weighted by atomic mass is 10.1. The average Bonchev–Trinajstić information content (AvgIpc) is 2.87. The van der Waals surface area contributed by atoms with E-state index in [4.69, 9.17) is 4.74 Å². The van der Waals surface area contributed by atoms with Crippen molar-refractivity contribution in [3.05, 3.63) is 41.2 Å². The lowest BCUT2D eigenvalue weighted by Crippen LogP contribution is -2.15. The number of pyridine rings is 1. The number of carbonyl (C=O) groups is 1. The fourth-order valence-electron chi connectivity index (χ4n) is 3.01. The van der Waals surface area contributed by atoms with Crippen LogP contribution in [0.1, 0.15) is 21.7 Å². The maximum Gasteiger partial charge on any atom is 0.256 e. The summed E-state index contributed by atoms with van der Waals surface area (Å²) < 4.78 is 32.3. The van der Waals surface area contributed by atoms with Gasteiger partial charge in [0.25, 0.3) is 5.91 Å². The molecule has 0 aliphatic carbocycles. The molecule has 1 aromatic carbocycles. The Morgan fingerprint density at radius 1 is 1.21 bits per heavy atom.